The average molecular weight is 425 g/mol. The Morgan fingerprint density at radius 1 is 0.969 bits per heavy atom. The minimum atomic E-state index is -0.172. The minimum Gasteiger partial charge on any atom is -0.348 e. The van der Waals surface area contributed by atoms with Crippen LogP contribution in [-0.2, 0) is 11.3 Å². The highest BCUT2D eigenvalue weighted by Gasteiger charge is 2.14. The molecule has 4 aromatic rings. The van der Waals surface area contributed by atoms with Crippen LogP contribution < -0.4 is 10.6 Å². The molecule has 2 N–H and O–H groups in total. The van der Waals surface area contributed by atoms with Crippen LogP contribution in [0.4, 0.5) is 5.69 Å². The van der Waals surface area contributed by atoms with Crippen LogP contribution in [0, 0.1) is 0 Å². The summed E-state index contributed by atoms with van der Waals surface area (Å²) in [5, 5.41) is 6.66. The molecule has 0 spiro atoms. The number of rotatable bonds is 7. The van der Waals surface area contributed by atoms with E-state index in [1.54, 1.807) is 18.5 Å². The van der Waals surface area contributed by atoms with Crippen LogP contribution in [0.1, 0.15) is 35.7 Å². The number of fused-ring (bicyclic) bond motifs is 1. The maximum Gasteiger partial charge on any atom is 0.252 e. The number of carbonyl (C=O) groups excluding carboxylic acids is 2. The molecule has 0 aliphatic rings. The maximum atomic E-state index is 13.1. The van der Waals surface area contributed by atoms with Crippen molar-refractivity contribution in [1.29, 1.82) is 0 Å². The van der Waals surface area contributed by atoms with Crippen molar-refractivity contribution in [2.45, 2.75) is 26.3 Å². The summed E-state index contributed by atoms with van der Waals surface area (Å²) in [6.45, 7) is 2.35. The van der Waals surface area contributed by atoms with Gasteiger partial charge in [0, 0.05) is 42.0 Å². The van der Waals surface area contributed by atoms with E-state index in [2.05, 4.69) is 15.6 Å². The number of hydrogen-bond acceptors (Lipinski definition) is 4. The first-order valence-electron chi connectivity index (χ1n) is 10.6. The van der Waals surface area contributed by atoms with Gasteiger partial charge >= 0.3 is 0 Å². The summed E-state index contributed by atoms with van der Waals surface area (Å²) in [5.41, 5.74) is 4.57. The Hall–Kier alpha value is -4.06. The van der Waals surface area contributed by atoms with E-state index in [1.165, 1.54) is 0 Å². The van der Waals surface area contributed by atoms with E-state index in [4.69, 9.17) is 4.98 Å². The predicted molar refractivity (Wildman–Crippen MR) is 126 cm³/mol. The second-order valence-electron chi connectivity index (χ2n) is 7.49. The third-order valence-corrected chi connectivity index (χ3v) is 5.09. The fourth-order valence-corrected chi connectivity index (χ4v) is 3.46. The zero-order valence-corrected chi connectivity index (χ0v) is 17.8. The van der Waals surface area contributed by atoms with Gasteiger partial charge in [-0.05, 0) is 48.4 Å². The van der Waals surface area contributed by atoms with Crippen LogP contribution >= 0.6 is 0 Å². The summed E-state index contributed by atoms with van der Waals surface area (Å²) < 4.78 is 0. The number of aromatic nitrogens is 2. The topological polar surface area (TPSA) is 84.0 Å². The third-order valence-electron chi connectivity index (χ3n) is 5.09. The molecular formula is C26H24N4O2. The van der Waals surface area contributed by atoms with Gasteiger partial charge in [0.15, 0.2) is 0 Å². The van der Waals surface area contributed by atoms with Crippen LogP contribution in [0.5, 0.6) is 0 Å². The first kappa shape index (κ1) is 21.2. The standard InChI is InChI=1S/C26H24N4O2/c1-2-6-25(31)29-20-12-10-18(11-13-20)16-28-26(32)22-15-24(19-7-5-14-27-17-19)30-23-9-4-3-8-21(22)23/h3-5,7-15,17H,2,6,16H2,1H3,(H,28,32)(H,29,31). The first-order chi connectivity index (χ1) is 15.6. The Bertz CT molecular complexity index is 1240. The van der Waals surface area contributed by atoms with Crippen LogP contribution in [0.2, 0.25) is 0 Å². The molecule has 32 heavy (non-hydrogen) atoms. The molecule has 0 aliphatic carbocycles. The van der Waals surface area contributed by atoms with Crippen molar-refractivity contribution in [1.82, 2.24) is 15.3 Å². The van der Waals surface area contributed by atoms with Gasteiger partial charge in [0.1, 0.15) is 0 Å². The number of carbonyl (C=O) groups is 2. The Kier molecular flexibility index (Phi) is 6.51. The molecule has 0 bridgehead atoms. The molecule has 2 aromatic heterocycles. The fraction of sp³-hybridized carbons (Fsp3) is 0.154. The summed E-state index contributed by atoms with van der Waals surface area (Å²) in [5.74, 6) is -0.170. The molecule has 0 saturated carbocycles. The lowest BCUT2D eigenvalue weighted by Gasteiger charge is -2.11. The van der Waals surface area contributed by atoms with Crippen molar-refractivity contribution < 1.29 is 9.59 Å². The summed E-state index contributed by atoms with van der Waals surface area (Å²) in [6, 6.07) is 20.7. The van der Waals surface area contributed by atoms with Gasteiger partial charge in [-0.15, -0.1) is 0 Å². The normalized spacial score (nSPS) is 10.7. The van der Waals surface area contributed by atoms with E-state index >= 15 is 0 Å². The molecule has 2 heterocycles. The van der Waals surface area contributed by atoms with Gasteiger partial charge in [-0.2, -0.15) is 0 Å². The van der Waals surface area contributed by atoms with Gasteiger partial charge in [0.05, 0.1) is 16.8 Å². The zero-order chi connectivity index (χ0) is 22.3. The molecule has 0 saturated heterocycles. The van der Waals surface area contributed by atoms with Crippen LogP contribution in [-0.4, -0.2) is 21.8 Å². The van der Waals surface area contributed by atoms with Crippen molar-refractivity contribution in [3.05, 3.63) is 90.3 Å². The van der Waals surface area contributed by atoms with E-state index in [0.29, 0.717) is 24.2 Å². The van der Waals surface area contributed by atoms with Gasteiger partial charge in [-0.1, -0.05) is 37.3 Å². The van der Waals surface area contributed by atoms with Gasteiger partial charge in [0.2, 0.25) is 5.91 Å². The second kappa shape index (κ2) is 9.83. The summed E-state index contributed by atoms with van der Waals surface area (Å²) >= 11 is 0. The molecule has 0 unspecified atom stereocenters. The molecule has 160 valence electrons. The molecule has 2 aromatic carbocycles. The van der Waals surface area contributed by atoms with Crippen molar-refractivity contribution in [3.63, 3.8) is 0 Å². The Morgan fingerprint density at radius 3 is 2.53 bits per heavy atom. The van der Waals surface area contributed by atoms with Gasteiger partial charge in [-0.3, -0.25) is 14.6 Å². The smallest absolute Gasteiger partial charge is 0.252 e. The number of hydrogen-bond donors (Lipinski definition) is 2. The van der Waals surface area contributed by atoms with Crippen molar-refractivity contribution in [3.8, 4) is 11.3 Å². The van der Waals surface area contributed by atoms with Crippen molar-refractivity contribution in [2.24, 2.45) is 0 Å². The lowest BCUT2D eigenvalue weighted by Crippen LogP contribution is -2.23. The van der Waals surface area contributed by atoms with E-state index in [9.17, 15) is 9.59 Å². The highest BCUT2D eigenvalue weighted by Crippen LogP contribution is 2.24. The number of anilines is 1. The Labute approximate surface area is 186 Å². The van der Waals surface area contributed by atoms with Crippen molar-refractivity contribution >= 4 is 28.4 Å². The van der Waals surface area contributed by atoms with Crippen LogP contribution in [0.15, 0.2) is 79.1 Å². The van der Waals surface area contributed by atoms with E-state index in [0.717, 1.165) is 34.1 Å². The van der Waals surface area contributed by atoms with Crippen LogP contribution in [0.3, 0.4) is 0 Å². The zero-order valence-electron chi connectivity index (χ0n) is 17.8. The molecule has 0 fully saturated rings. The molecule has 0 atom stereocenters. The fourth-order valence-electron chi connectivity index (χ4n) is 3.46. The van der Waals surface area contributed by atoms with Crippen molar-refractivity contribution in [2.75, 3.05) is 5.32 Å². The maximum absolute atomic E-state index is 13.1. The molecule has 0 radical (unpaired) electrons. The van der Waals surface area contributed by atoms with E-state index in [-0.39, 0.29) is 11.8 Å². The summed E-state index contributed by atoms with van der Waals surface area (Å²) in [6.07, 6.45) is 4.75. The number of benzene rings is 2. The molecule has 6 nitrogen and oxygen atoms in total. The molecule has 0 aliphatic heterocycles. The number of nitrogens with zero attached hydrogens (tertiary/aromatic N) is 2. The predicted octanol–water partition coefficient (Wildman–Crippen LogP) is 4.97. The van der Waals surface area contributed by atoms with Gasteiger partial charge < -0.3 is 10.6 Å². The van der Waals surface area contributed by atoms with Crippen LogP contribution in [0.25, 0.3) is 22.2 Å². The number of amides is 2. The summed E-state index contributed by atoms with van der Waals surface area (Å²) in [7, 11) is 0. The molecule has 6 heteroatoms. The molecular weight excluding hydrogens is 400 g/mol. The summed E-state index contributed by atoms with van der Waals surface area (Å²) in [4.78, 5) is 33.7. The lowest BCUT2D eigenvalue weighted by atomic mass is 10.0. The highest BCUT2D eigenvalue weighted by atomic mass is 16.2. The van der Waals surface area contributed by atoms with E-state index < -0.39 is 0 Å². The monoisotopic (exact) mass is 424 g/mol. The number of pyridine rings is 2. The number of para-hydroxylation sites is 1. The van der Waals surface area contributed by atoms with E-state index in [1.807, 2.05) is 67.6 Å². The SMILES string of the molecule is CCCC(=O)Nc1ccc(CNC(=O)c2cc(-c3cccnc3)nc3ccccc23)cc1. The average Bonchev–Trinajstić information content (AvgIpc) is 2.83. The largest absolute Gasteiger partial charge is 0.348 e. The Morgan fingerprint density at radius 2 is 1.78 bits per heavy atom. The molecule has 2 amide bonds. The van der Waals surface area contributed by atoms with Gasteiger partial charge in [-0.25, -0.2) is 4.98 Å². The highest BCUT2D eigenvalue weighted by molar-refractivity contribution is 6.07. The second-order valence-corrected chi connectivity index (χ2v) is 7.49. The lowest BCUT2D eigenvalue weighted by molar-refractivity contribution is -0.116. The third kappa shape index (κ3) is 4.98. The Balaban J connectivity index is 1.52. The minimum absolute atomic E-state index is 0.00235. The number of nitrogens with one attached hydrogen (secondary N) is 2. The van der Waals surface area contributed by atoms with Gasteiger partial charge in [0.25, 0.3) is 5.91 Å². The quantitative estimate of drug-likeness (QED) is 0.439. The first-order valence-corrected chi connectivity index (χ1v) is 10.6. The molecule has 4 rings (SSSR count).